The number of nitro groups is 1. The average Bonchev–Trinajstić information content (AvgIpc) is 2.61. The van der Waals surface area contributed by atoms with E-state index in [2.05, 4.69) is 15.3 Å². The van der Waals surface area contributed by atoms with Crippen LogP contribution in [0.1, 0.15) is 15.9 Å². The van der Waals surface area contributed by atoms with Crippen LogP contribution in [0.15, 0.2) is 53.6 Å². The van der Waals surface area contributed by atoms with Gasteiger partial charge in [0, 0.05) is 17.7 Å². The smallest absolute Gasteiger partial charge is 0.428 e. The number of amides is 1. The van der Waals surface area contributed by atoms with Gasteiger partial charge in [-0.25, -0.2) is 5.43 Å². The number of hydrogen-bond donors (Lipinski definition) is 1. The molecule has 27 heavy (non-hydrogen) atoms. The highest BCUT2D eigenvalue weighted by Crippen LogP contribution is 2.27. The van der Waals surface area contributed by atoms with E-state index < -0.39 is 29.1 Å². The van der Waals surface area contributed by atoms with Crippen LogP contribution in [0.4, 0.5) is 23.2 Å². The number of hydrogen-bond acceptors (Lipinski definition) is 5. The molecule has 142 valence electrons. The van der Waals surface area contributed by atoms with Crippen molar-refractivity contribution in [1.82, 2.24) is 5.43 Å². The van der Waals surface area contributed by atoms with Crippen molar-refractivity contribution >= 4 is 17.8 Å². The Morgan fingerprint density at radius 3 is 2.48 bits per heavy atom. The first-order chi connectivity index (χ1) is 12.7. The molecular formula is C16H11F4N3O4. The van der Waals surface area contributed by atoms with Gasteiger partial charge in [-0.3, -0.25) is 14.9 Å². The van der Waals surface area contributed by atoms with Crippen molar-refractivity contribution in [3.63, 3.8) is 0 Å². The number of non-ortho nitro benzene ring substituents is 1. The standard InChI is InChI=1S/C16H11F4N3O4/c17-15(18)16(19,20)27-13-3-1-2-11(8-13)14(24)22-21-9-10-4-6-12(7-5-10)23(25)26/h1-9,15H,(H,22,24)/b21-9+. The fourth-order valence-corrected chi connectivity index (χ4v) is 1.81. The van der Waals surface area contributed by atoms with Crippen LogP contribution in [0.5, 0.6) is 5.75 Å². The van der Waals surface area contributed by atoms with Gasteiger partial charge in [0.1, 0.15) is 5.75 Å². The van der Waals surface area contributed by atoms with Gasteiger partial charge in [0.2, 0.25) is 0 Å². The summed E-state index contributed by atoms with van der Waals surface area (Å²) in [4.78, 5) is 21.9. The Balaban J connectivity index is 2.01. The van der Waals surface area contributed by atoms with Crippen molar-refractivity contribution in [3.05, 3.63) is 69.8 Å². The molecule has 2 aromatic rings. The molecule has 0 radical (unpaired) electrons. The van der Waals surface area contributed by atoms with Gasteiger partial charge < -0.3 is 4.74 Å². The molecule has 2 aromatic carbocycles. The summed E-state index contributed by atoms with van der Waals surface area (Å²) in [5.41, 5.74) is 2.29. The second kappa shape index (κ2) is 8.25. The lowest BCUT2D eigenvalue weighted by Crippen LogP contribution is -2.33. The Morgan fingerprint density at radius 1 is 1.22 bits per heavy atom. The number of nitro benzene ring substituents is 1. The number of nitrogens with zero attached hydrogens (tertiary/aromatic N) is 2. The maximum absolute atomic E-state index is 12.9. The van der Waals surface area contributed by atoms with E-state index >= 15 is 0 Å². The molecule has 1 N–H and O–H groups in total. The maximum Gasteiger partial charge on any atom is 0.461 e. The molecule has 0 atom stereocenters. The second-order valence-corrected chi connectivity index (χ2v) is 5.04. The third-order valence-corrected chi connectivity index (χ3v) is 3.09. The normalized spacial score (nSPS) is 11.6. The van der Waals surface area contributed by atoms with Crippen LogP contribution in [0.2, 0.25) is 0 Å². The number of hydrazone groups is 1. The number of nitrogens with one attached hydrogen (secondary N) is 1. The number of carbonyl (C=O) groups excluding carboxylic acids is 1. The summed E-state index contributed by atoms with van der Waals surface area (Å²) in [6, 6.07) is 9.54. The van der Waals surface area contributed by atoms with E-state index in [9.17, 15) is 32.5 Å². The second-order valence-electron chi connectivity index (χ2n) is 5.04. The molecule has 0 saturated carbocycles. The summed E-state index contributed by atoms with van der Waals surface area (Å²) in [5, 5.41) is 14.2. The summed E-state index contributed by atoms with van der Waals surface area (Å²) in [6.07, 6.45) is -7.52. The number of ether oxygens (including phenoxy) is 1. The monoisotopic (exact) mass is 385 g/mol. The van der Waals surface area contributed by atoms with Gasteiger partial charge in [0.25, 0.3) is 11.6 Å². The highest BCUT2D eigenvalue weighted by atomic mass is 19.3. The molecule has 0 heterocycles. The highest BCUT2D eigenvalue weighted by molar-refractivity contribution is 5.95. The van der Waals surface area contributed by atoms with Crippen molar-refractivity contribution in [3.8, 4) is 5.75 Å². The summed E-state index contributed by atoms with van der Waals surface area (Å²) < 4.78 is 54.0. The molecule has 0 spiro atoms. The number of carbonyl (C=O) groups is 1. The lowest BCUT2D eigenvalue weighted by Gasteiger charge is -2.16. The van der Waals surface area contributed by atoms with Crippen LogP contribution < -0.4 is 10.2 Å². The fraction of sp³-hybridized carbons (Fsp3) is 0.125. The fourth-order valence-electron chi connectivity index (χ4n) is 1.81. The SMILES string of the molecule is O=C(N/N=C/c1ccc([N+](=O)[O-])cc1)c1cccc(OC(F)(F)C(F)F)c1. The van der Waals surface area contributed by atoms with Crippen molar-refractivity contribution in [2.24, 2.45) is 5.10 Å². The molecule has 7 nitrogen and oxygen atoms in total. The van der Waals surface area contributed by atoms with Gasteiger partial charge in [-0.2, -0.15) is 22.7 Å². The van der Waals surface area contributed by atoms with Gasteiger partial charge >= 0.3 is 12.5 Å². The van der Waals surface area contributed by atoms with Crippen LogP contribution in [-0.2, 0) is 0 Å². The zero-order valence-electron chi connectivity index (χ0n) is 13.3. The number of rotatable bonds is 7. The minimum Gasteiger partial charge on any atom is -0.428 e. The molecule has 0 bridgehead atoms. The zero-order valence-corrected chi connectivity index (χ0v) is 13.3. The predicted molar refractivity (Wildman–Crippen MR) is 86.2 cm³/mol. The van der Waals surface area contributed by atoms with Crippen molar-refractivity contribution in [1.29, 1.82) is 0 Å². The first-order valence-electron chi connectivity index (χ1n) is 7.22. The number of halogens is 4. The van der Waals surface area contributed by atoms with Gasteiger partial charge in [0.15, 0.2) is 0 Å². The molecule has 0 aliphatic heterocycles. The Hall–Kier alpha value is -3.50. The first-order valence-corrected chi connectivity index (χ1v) is 7.22. The van der Waals surface area contributed by atoms with E-state index in [1.165, 1.54) is 42.6 Å². The van der Waals surface area contributed by atoms with E-state index in [0.29, 0.717) is 5.56 Å². The first kappa shape index (κ1) is 19.8. The molecule has 2 rings (SSSR count). The molecule has 0 fully saturated rings. The molecule has 11 heteroatoms. The van der Waals surface area contributed by atoms with Crippen LogP contribution in [0.3, 0.4) is 0 Å². The Bertz CT molecular complexity index is 857. The average molecular weight is 385 g/mol. The van der Waals surface area contributed by atoms with E-state index in [1.54, 1.807) is 0 Å². The van der Waals surface area contributed by atoms with Crippen molar-refractivity contribution in [2.45, 2.75) is 12.5 Å². The summed E-state index contributed by atoms with van der Waals surface area (Å²) in [5.74, 6) is -1.42. The van der Waals surface area contributed by atoms with Gasteiger partial charge in [-0.15, -0.1) is 0 Å². The lowest BCUT2D eigenvalue weighted by atomic mass is 10.2. The summed E-state index contributed by atoms with van der Waals surface area (Å²) in [7, 11) is 0. The maximum atomic E-state index is 12.9. The van der Waals surface area contributed by atoms with Crippen molar-refractivity contribution in [2.75, 3.05) is 0 Å². The molecule has 0 aromatic heterocycles. The van der Waals surface area contributed by atoms with Gasteiger partial charge in [-0.1, -0.05) is 6.07 Å². The lowest BCUT2D eigenvalue weighted by molar-refractivity contribution is -0.384. The van der Waals surface area contributed by atoms with Crippen LogP contribution in [0.25, 0.3) is 0 Å². The van der Waals surface area contributed by atoms with Crippen LogP contribution >= 0.6 is 0 Å². The summed E-state index contributed by atoms with van der Waals surface area (Å²) in [6.45, 7) is 0. The van der Waals surface area contributed by atoms with E-state index in [1.807, 2.05) is 0 Å². The van der Waals surface area contributed by atoms with Crippen molar-refractivity contribution < 1.29 is 32.0 Å². The van der Waals surface area contributed by atoms with Gasteiger partial charge in [-0.05, 0) is 35.9 Å². The molecular weight excluding hydrogens is 374 g/mol. The minimum atomic E-state index is -4.69. The predicted octanol–water partition coefficient (Wildman–Crippen LogP) is 3.60. The number of alkyl halides is 4. The Labute approximate surface area is 149 Å². The summed E-state index contributed by atoms with van der Waals surface area (Å²) >= 11 is 0. The van der Waals surface area contributed by atoms with E-state index in [4.69, 9.17) is 0 Å². The molecule has 0 aliphatic carbocycles. The quantitative estimate of drug-likeness (QED) is 0.341. The zero-order chi connectivity index (χ0) is 20.0. The minimum absolute atomic E-state index is 0.117. The third-order valence-electron chi connectivity index (χ3n) is 3.09. The van der Waals surface area contributed by atoms with E-state index in [-0.39, 0.29) is 11.3 Å². The van der Waals surface area contributed by atoms with Crippen LogP contribution in [-0.4, -0.2) is 29.6 Å². The molecule has 0 saturated heterocycles. The van der Waals surface area contributed by atoms with Gasteiger partial charge in [0.05, 0.1) is 11.1 Å². The molecule has 0 aliphatic rings. The molecule has 1 amide bonds. The van der Waals surface area contributed by atoms with E-state index in [0.717, 1.165) is 12.1 Å². The Kier molecular flexibility index (Phi) is 6.06. The number of benzene rings is 2. The third kappa shape index (κ3) is 5.49. The largest absolute Gasteiger partial charge is 0.461 e. The van der Waals surface area contributed by atoms with Crippen LogP contribution in [0, 0.1) is 10.1 Å². The topological polar surface area (TPSA) is 93.8 Å². The Morgan fingerprint density at radius 2 is 1.89 bits per heavy atom. The highest BCUT2D eigenvalue weighted by Gasteiger charge is 2.44. The molecule has 0 unspecified atom stereocenters.